The van der Waals surface area contributed by atoms with Crippen LogP contribution in [0.25, 0.3) is 11.0 Å². The van der Waals surface area contributed by atoms with E-state index in [1.54, 1.807) is 42.5 Å². The van der Waals surface area contributed by atoms with Crippen LogP contribution in [0.2, 0.25) is 0 Å². The van der Waals surface area contributed by atoms with Gasteiger partial charge in [-0.2, -0.15) is 0 Å². The summed E-state index contributed by atoms with van der Waals surface area (Å²) in [6.45, 7) is 3.89. The number of carbonyl (C=O) groups is 1. The lowest BCUT2D eigenvalue weighted by molar-refractivity contribution is 0.0748. The van der Waals surface area contributed by atoms with Gasteiger partial charge in [0.2, 0.25) is 5.76 Å². The van der Waals surface area contributed by atoms with Crippen LogP contribution in [0.3, 0.4) is 0 Å². The first kappa shape index (κ1) is 15.3. The molecule has 0 N–H and O–H groups in total. The van der Waals surface area contributed by atoms with Gasteiger partial charge in [0.1, 0.15) is 11.4 Å². The third kappa shape index (κ3) is 2.28. The second-order valence-corrected chi connectivity index (χ2v) is 5.87. The molecule has 0 saturated heterocycles. The summed E-state index contributed by atoms with van der Waals surface area (Å²) in [5, 5.41) is 0.399. The standard InChI is InChI=1S/C20H14FNO3/c1-2-10-22-17(12-6-5-7-13(21)11-12)16-18(23)14-8-3-4-9-15(14)25-19(16)20(22)24/h2-9,11,17H,1,10H2/t17-/m1/s1. The summed E-state index contributed by atoms with van der Waals surface area (Å²) in [6.07, 6.45) is 1.57. The lowest BCUT2D eigenvalue weighted by Gasteiger charge is -2.23. The molecule has 3 aromatic rings. The van der Waals surface area contributed by atoms with E-state index < -0.39 is 17.8 Å². The second kappa shape index (κ2) is 5.70. The molecule has 1 amide bonds. The Kier molecular flexibility index (Phi) is 3.50. The molecule has 2 aromatic carbocycles. The molecule has 1 atom stereocenters. The molecular weight excluding hydrogens is 321 g/mol. The minimum Gasteiger partial charge on any atom is -0.450 e. The van der Waals surface area contributed by atoms with Crippen LogP contribution in [0.1, 0.15) is 27.7 Å². The molecule has 0 unspecified atom stereocenters. The first-order valence-corrected chi connectivity index (χ1v) is 7.85. The van der Waals surface area contributed by atoms with Crippen LogP contribution in [0.4, 0.5) is 4.39 Å². The van der Waals surface area contributed by atoms with Crippen LogP contribution in [0.5, 0.6) is 0 Å². The zero-order chi connectivity index (χ0) is 17.6. The van der Waals surface area contributed by atoms with Crippen molar-refractivity contribution in [3.8, 4) is 0 Å². The maximum Gasteiger partial charge on any atom is 0.291 e. The van der Waals surface area contributed by atoms with E-state index in [0.29, 0.717) is 16.5 Å². The van der Waals surface area contributed by atoms with Gasteiger partial charge in [-0.25, -0.2) is 4.39 Å². The van der Waals surface area contributed by atoms with E-state index in [4.69, 9.17) is 4.42 Å². The van der Waals surface area contributed by atoms with Gasteiger partial charge in [-0.1, -0.05) is 30.3 Å². The fourth-order valence-electron chi connectivity index (χ4n) is 3.32. The fraction of sp³-hybridized carbons (Fsp3) is 0.100. The molecule has 4 rings (SSSR count). The van der Waals surface area contributed by atoms with Gasteiger partial charge in [-0.15, -0.1) is 6.58 Å². The fourth-order valence-corrected chi connectivity index (χ4v) is 3.32. The molecule has 1 aliphatic heterocycles. The Morgan fingerprint density at radius 1 is 1.16 bits per heavy atom. The van der Waals surface area contributed by atoms with Crippen molar-refractivity contribution in [1.29, 1.82) is 0 Å². The Morgan fingerprint density at radius 3 is 2.72 bits per heavy atom. The monoisotopic (exact) mass is 335 g/mol. The van der Waals surface area contributed by atoms with Gasteiger partial charge in [0.15, 0.2) is 5.43 Å². The van der Waals surface area contributed by atoms with Gasteiger partial charge in [0, 0.05) is 6.54 Å². The zero-order valence-electron chi connectivity index (χ0n) is 13.2. The second-order valence-electron chi connectivity index (χ2n) is 5.87. The van der Waals surface area contributed by atoms with Gasteiger partial charge in [-0.3, -0.25) is 9.59 Å². The summed E-state index contributed by atoms with van der Waals surface area (Å²) in [6, 6.07) is 12.0. The summed E-state index contributed by atoms with van der Waals surface area (Å²) >= 11 is 0. The van der Waals surface area contributed by atoms with Crippen molar-refractivity contribution in [1.82, 2.24) is 4.90 Å². The van der Waals surface area contributed by atoms with Crippen molar-refractivity contribution >= 4 is 16.9 Å². The molecule has 2 heterocycles. The number of hydrogen-bond donors (Lipinski definition) is 0. The van der Waals surface area contributed by atoms with Gasteiger partial charge >= 0.3 is 0 Å². The molecule has 25 heavy (non-hydrogen) atoms. The van der Waals surface area contributed by atoms with E-state index in [1.165, 1.54) is 17.0 Å². The summed E-state index contributed by atoms with van der Waals surface area (Å²) in [5.74, 6) is -0.811. The predicted octanol–water partition coefficient (Wildman–Crippen LogP) is 3.66. The Bertz CT molecular complexity index is 1070. The number of rotatable bonds is 3. The van der Waals surface area contributed by atoms with E-state index in [1.807, 2.05) is 0 Å². The minimum atomic E-state index is -0.697. The molecule has 1 aromatic heterocycles. The van der Waals surface area contributed by atoms with E-state index in [9.17, 15) is 14.0 Å². The topological polar surface area (TPSA) is 50.5 Å². The highest BCUT2D eigenvalue weighted by atomic mass is 19.1. The van der Waals surface area contributed by atoms with Crippen molar-refractivity contribution in [3.05, 3.63) is 94.1 Å². The molecule has 0 spiro atoms. The highest BCUT2D eigenvalue weighted by Crippen LogP contribution is 2.38. The van der Waals surface area contributed by atoms with Crippen molar-refractivity contribution < 1.29 is 13.6 Å². The molecule has 124 valence electrons. The van der Waals surface area contributed by atoms with Crippen LogP contribution in [0.15, 0.2) is 70.4 Å². The number of para-hydroxylation sites is 1. The molecule has 4 nitrogen and oxygen atoms in total. The summed E-state index contributed by atoms with van der Waals surface area (Å²) in [5.41, 5.74) is 0.858. The van der Waals surface area contributed by atoms with E-state index in [-0.39, 0.29) is 23.3 Å². The Labute approximate surface area is 142 Å². The van der Waals surface area contributed by atoms with Crippen molar-refractivity contribution in [2.75, 3.05) is 6.54 Å². The number of carbonyl (C=O) groups excluding carboxylic acids is 1. The first-order chi connectivity index (χ1) is 12.1. The summed E-state index contributed by atoms with van der Waals surface area (Å²) in [4.78, 5) is 27.3. The van der Waals surface area contributed by atoms with Crippen molar-refractivity contribution in [3.63, 3.8) is 0 Å². The maximum absolute atomic E-state index is 13.7. The van der Waals surface area contributed by atoms with E-state index in [2.05, 4.69) is 6.58 Å². The lowest BCUT2D eigenvalue weighted by atomic mass is 9.98. The van der Waals surface area contributed by atoms with Crippen LogP contribution in [-0.4, -0.2) is 17.4 Å². The number of fused-ring (bicyclic) bond motifs is 2. The molecule has 0 fully saturated rings. The number of amides is 1. The van der Waals surface area contributed by atoms with Crippen LogP contribution >= 0.6 is 0 Å². The minimum absolute atomic E-state index is 0.0137. The zero-order valence-corrected chi connectivity index (χ0v) is 13.2. The highest BCUT2D eigenvalue weighted by Gasteiger charge is 2.42. The van der Waals surface area contributed by atoms with Gasteiger partial charge in [-0.05, 0) is 29.8 Å². The van der Waals surface area contributed by atoms with Crippen LogP contribution < -0.4 is 5.43 Å². The summed E-state index contributed by atoms with van der Waals surface area (Å²) in [7, 11) is 0. The average Bonchev–Trinajstić information content (AvgIpc) is 2.89. The molecule has 0 saturated carbocycles. The maximum atomic E-state index is 13.7. The predicted molar refractivity (Wildman–Crippen MR) is 92.0 cm³/mol. The molecule has 0 bridgehead atoms. The van der Waals surface area contributed by atoms with Crippen molar-refractivity contribution in [2.24, 2.45) is 0 Å². The Morgan fingerprint density at radius 2 is 1.96 bits per heavy atom. The van der Waals surface area contributed by atoms with Crippen LogP contribution in [-0.2, 0) is 0 Å². The number of benzene rings is 2. The molecule has 0 aliphatic carbocycles. The van der Waals surface area contributed by atoms with Gasteiger partial charge < -0.3 is 9.32 Å². The SMILES string of the molecule is C=CCN1C(=O)c2oc3ccccc3c(=O)c2[C@H]1c1cccc(F)c1. The smallest absolute Gasteiger partial charge is 0.291 e. The number of halogens is 1. The normalized spacial score (nSPS) is 16.3. The van der Waals surface area contributed by atoms with Gasteiger partial charge in [0.05, 0.1) is 17.0 Å². The first-order valence-electron chi connectivity index (χ1n) is 7.85. The van der Waals surface area contributed by atoms with Crippen molar-refractivity contribution in [2.45, 2.75) is 6.04 Å². The number of hydrogen-bond acceptors (Lipinski definition) is 3. The van der Waals surface area contributed by atoms with E-state index in [0.717, 1.165) is 0 Å². The lowest BCUT2D eigenvalue weighted by Crippen LogP contribution is -2.29. The largest absolute Gasteiger partial charge is 0.450 e. The molecule has 1 aliphatic rings. The third-order valence-corrected chi connectivity index (χ3v) is 4.36. The van der Waals surface area contributed by atoms with E-state index >= 15 is 0 Å². The highest BCUT2D eigenvalue weighted by molar-refractivity contribution is 5.99. The molecular formula is C20H14FNO3. The number of nitrogens with zero attached hydrogens (tertiary/aromatic N) is 1. The van der Waals surface area contributed by atoms with Crippen LogP contribution in [0, 0.1) is 5.82 Å². The van der Waals surface area contributed by atoms with Gasteiger partial charge in [0.25, 0.3) is 5.91 Å². The Hall–Kier alpha value is -3.21. The molecule has 0 radical (unpaired) electrons. The quantitative estimate of drug-likeness (QED) is 0.686. The molecule has 5 heteroatoms. The Balaban J connectivity index is 2.04. The third-order valence-electron chi connectivity index (χ3n) is 4.36. The average molecular weight is 335 g/mol. The summed E-state index contributed by atoms with van der Waals surface area (Å²) < 4.78 is 19.5.